The summed E-state index contributed by atoms with van der Waals surface area (Å²) in [5.41, 5.74) is 0.116. The van der Waals surface area contributed by atoms with Crippen LogP contribution in [0.2, 0.25) is 0 Å². The lowest BCUT2D eigenvalue weighted by Crippen LogP contribution is -2.38. The van der Waals surface area contributed by atoms with Gasteiger partial charge in [0.15, 0.2) is 0 Å². The van der Waals surface area contributed by atoms with Gasteiger partial charge in [-0.15, -0.1) is 0 Å². The van der Waals surface area contributed by atoms with Crippen molar-refractivity contribution in [3.63, 3.8) is 0 Å². The smallest absolute Gasteiger partial charge is 0.0488 e. The van der Waals surface area contributed by atoms with Crippen molar-refractivity contribution >= 4 is 10.8 Å². The van der Waals surface area contributed by atoms with Crippen molar-refractivity contribution in [2.75, 3.05) is 31.3 Å². The third-order valence-electron chi connectivity index (χ3n) is 2.10. The summed E-state index contributed by atoms with van der Waals surface area (Å²) in [7, 11) is -0.711. The summed E-state index contributed by atoms with van der Waals surface area (Å²) in [6.45, 7) is 13.0. The zero-order valence-electron chi connectivity index (χ0n) is 12.0. The molecule has 1 N–H and O–H groups in total. The topological polar surface area (TPSA) is 38.3 Å². The van der Waals surface area contributed by atoms with E-state index in [2.05, 4.69) is 39.9 Å². The van der Waals surface area contributed by atoms with Crippen LogP contribution in [-0.4, -0.2) is 41.0 Å². The molecular weight excluding hydrogens is 234 g/mol. The Labute approximate surface area is 109 Å². The average molecular weight is 263 g/mol. The number of hydrogen-bond acceptors (Lipinski definition) is 3. The molecular formula is C13H29NO2S. The zero-order valence-corrected chi connectivity index (χ0v) is 12.9. The minimum Gasteiger partial charge on any atom is -0.381 e. The molecule has 0 aromatic carbocycles. The number of hydrogen-bond donors (Lipinski definition) is 1. The predicted octanol–water partition coefficient (Wildman–Crippen LogP) is 2.19. The highest BCUT2D eigenvalue weighted by molar-refractivity contribution is 7.84. The molecule has 0 radical (unpaired) electrons. The highest BCUT2D eigenvalue weighted by atomic mass is 32.2. The van der Waals surface area contributed by atoms with Crippen molar-refractivity contribution in [1.29, 1.82) is 0 Å². The number of ether oxygens (including phenoxy) is 1. The minimum atomic E-state index is -0.711. The van der Waals surface area contributed by atoms with Crippen LogP contribution in [0.3, 0.4) is 0 Å². The summed E-state index contributed by atoms with van der Waals surface area (Å²) in [6, 6.07) is 0. The van der Waals surface area contributed by atoms with Crippen molar-refractivity contribution in [3.8, 4) is 0 Å². The van der Waals surface area contributed by atoms with Gasteiger partial charge in [0.2, 0.25) is 0 Å². The van der Waals surface area contributed by atoms with E-state index in [1.807, 2.05) is 0 Å². The second-order valence-corrected chi connectivity index (χ2v) is 7.54. The Hall–Kier alpha value is 0.0700. The molecule has 1 unspecified atom stereocenters. The van der Waals surface area contributed by atoms with E-state index < -0.39 is 10.8 Å². The van der Waals surface area contributed by atoms with Gasteiger partial charge in [0, 0.05) is 47.6 Å². The standard InChI is InChI=1S/C13H29NO2S/c1-12(2)11-16-8-6-9-17(15)10-7-14-13(3,4)5/h12,14H,6-11H2,1-5H3. The lowest BCUT2D eigenvalue weighted by Gasteiger charge is -2.20. The maximum absolute atomic E-state index is 11.6. The second kappa shape index (κ2) is 9.06. The molecule has 0 bridgehead atoms. The van der Waals surface area contributed by atoms with Crippen molar-refractivity contribution in [1.82, 2.24) is 5.32 Å². The van der Waals surface area contributed by atoms with Crippen LogP contribution in [0, 0.1) is 5.92 Å². The van der Waals surface area contributed by atoms with Crippen molar-refractivity contribution in [2.45, 2.75) is 46.6 Å². The third-order valence-corrected chi connectivity index (χ3v) is 3.50. The zero-order chi connectivity index (χ0) is 13.3. The third kappa shape index (κ3) is 14.0. The first-order valence-corrected chi connectivity index (χ1v) is 7.98. The van der Waals surface area contributed by atoms with Crippen LogP contribution in [0.25, 0.3) is 0 Å². The van der Waals surface area contributed by atoms with Gasteiger partial charge < -0.3 is 10.1 Å². The minimum absolute atomic E-state index is 0.116. The van der Waals surface area contributed by atoms with Gasteiger partial charge in [-0.1, -0.05) is 13.8 Å². The molecule has 0 aliphatic heterocycles. The number of rotatable bonds is 9. The predicted molar refractivity (Wildman–Crippen MR) is 75.9 cm³/mol. The van der Waals surface area contributed by atoms with Gasteiger partial charge in [0.1, 0.15) is 0 Å². The molecule has 104 valence electrons. The lowest BCUT2D eigenvalue weighted by molar-refractivity contribution is 0.111. The van der Waals surface area contributed by atoms with Gasteiger partial charge in [-0.25, -0.2) is 0 Å². The molecule has 0 aliphatic rings. The van der Waals surface area contributed by atoms with Gasteiger partial charge in [-0.05, 0) is 33.1 Å². The van der Waals surface area contributed by atoms with Gasteiger partial charge >= 0.3 is 0 Å². The molecule has 4 heteroatoms. The van der Waals surface area contributed by atoms with E-state index in [0.717, 1.165) is 37.7 Å². The molecule has 0 aliphatic carbocycles. The number of nitrogens with one attached hydrogen (secondary N) is 1. The van der Waals surface area contributed by atoms with E-state index in [0.29, 0.717) is 5.92 Å². The van der Waals surface area contributed by atoms with Crippen LogP contribution in [0.15, 0.2) is 0 Å². The Morgan fingerprint density at radius 1 is 1.24 bits per heavy atom. The fourth-order valence-corrected chi connectivity index (χ4v) is 2.26. The van der Waals surface area contributed by atoms with E-state index >= 15 is 0 Å². The molecule has 3 nitrogen and oxygen atoms in total. The molecule has 17 heavy (non-hydrogen) atoms. The summed E-state index contributed by atoms with van der Waals surface area (Å²) in [5.74, 6) is 2.07. The van der Waals surface area contributed by atoms with E-state index in [4.69, 9.17) is 4.74 Å². The lowest BCUT2D eigenvalue weighted by atomic mass is 10.1. The van der Waals surface area contributed by atoms with Crippen LogP contribution in [-0.2, 0) is 15.5 Å². The first-order chi connectivity index (χ1) is 7.81. The largest absolute Gasteiger partial charge is 0.381 e. The molecule has 0 saturated carbocycles. The monoisotopic (exact) mass is 263 g/mol. The van der Waals surface area contributed by atoms with Gasteiger partial charge in [0.25, 0.3) is 0 Å². The quantitative estimate of drug-likeness (QED) is 0.648. The van der Waals surface area contributed by atoms with Crippen molar-refractivity contribution in [3.05, 3.63) is 0 Å². The Bertz CT molecular complexity index is 212. The second-order valence-electron chi connectivity index (χ2n) is 5.85. The molecule has 1 atom stereocenters. The van der Waals surface area contributed by atoms with Crippen molar-refractivity contribution < 1.29 is 8.95 Å². The Morgan fingerprint density at radius 2 is 1.88 bits per heavy atom. The molecule has 0 rings (SSSR count). The molecule has 0 spiro atoms. The molecule has 0 aromatic heterocycles. The fourth-order valence-electron chi connectivity index (χ4n) is 1.28. The van der Waals surface area contributed by atoms with Crippen LogP contribution in [0.1, 0.15) is 41.0 Å². The van der Waals surface area contributed by atoms with Crippen molar-refractivity contribution in [2.24, 2.45) is 5.92 Å². The summed E-state index contributed by atoms with van der Waals surface area (Å²) in [4.78, 5) is 0. The van der Waals surface area contributed by atoms with Gasteiger partial charge in [0.05, 0.1) is 0 Å². The van der Waals surface area contributed by atoms with E-state index in [9.17, 15) is 4.21 Å². The van der Waals surface area contributed by atoms with E-state index in [1.54, 1.807) is 0 Å². The van der Waals surface area contributed by atoms with Gasteiger partial charge in [-0.2, -0.15) is 0 Å². The average Bonchev–Trinajstić information content (AvgIpc) is 2.14. The Kier molecular flexibility index (Phi) is 9.10. The molecule has 0 fully saturated rings. The summed E-state index contributed by atoms with van der Waals surface area (Å²) < 4.78 is 17.1. The van der Waals surface area contributed by atoms with Gasteiger partial charge in [-0.3, -0.25) is 4.21 Å². The Morgan fingerprint density at radius 3 is 2.41 bits per heavy atom. The van der Waals surface area contributed by atoms with E-state index in [1.165, 1.54) is 0 Å². The maximum Gasteiger partial charge on any atom is 0.0488 e. The Balaban J connectivity index is 3.35. The molecule has 0 heterocycles. The molecule has 0 amide bonds. The van der Waals surface area contributed by atoms with Crippen LogP contribution in [0.5, 0.6) is 0 Å². The summed E-state index contributed by atoms with van der Waals surface area (Å²) in [6.07, 6.45) is 0.898. The normalized spacial score (nSPS) is 14.2. The van der Waals surface area contributed by atoms with Crippen LogP contribution in [0.4, 0.5) is 0 Å². The summed E-state index contributed by atoms with van der Waals surface area (Å²) >= 11 is 0. The first-order valence-electron chi connectivity index (χ1n) is 6.49. The molecule has 0 aromatic rings. The maximum atomic E-state index is 11.6. The molecule has 0 saturated heterocycles. The SMILES string of the molecule is CC(C)COCCCS(=O)CCNC(C)(C)C. The highest BCUT2D eigenvalue weighted by Crippen LogP contribution is 1.98. The van der Waals surface area contributed by atoms with Crippen LogP contribution >= 0.6 is 0 Å². The fraction of sp³-hybridized carbons (Fsp3) is 1.00. The highest BCUT2D eigenvalue weighted by Gasteiger charge is 2.08. The summed E-state index contributed by atoms with van der Waals surface area (Å²) in [5, 5.41) is 3.34. The van der Waals surface area contributed by atoms with Crippen LogP contribution < -0.4 is 5.32 Å². The first kappa shape index (κ1) is 17.1. The van der Waals surface area contributed by atoms with E-state index in [-0.39, 0.29) is 5.54 Å².